The lowest BCUT2D eigenvalue weighted by molar-refractivity contribution is 0.174. The predicted molar refractivity (Wildman–Crippen MR) is 80.6 cm³/mol. The van der Waals surface area contributed by atoms with Crippen LogP contribution in [-0.2, 0) is 0 Å². The van der Waals surface area contributed by atoms with Gasteiger partial charge in [-0.15, -0.1) is 0 Å². The Balaban J connectivity index is 1.74. The van der Waals surface area contributed by atoms with Crippen molar-refractivity contribution in [3.8, 4) is 17.2 Å². The van der Waals surface area contributed by atoms with Gasteiger partial charge in [0.15, 0.2) is 11.5 Å². The molecule has 4 heteroatoms. The van der Waals surface area contributed by atoms with Crippen molar-refractivity contribution in [3.63, 3.8) is 0 Å². The van der Waals surface area contributed by atoms with Crippen molar-refractivity contribution in [3.05, 3.63) is 53.6 Å². The average molecular weight is 285 g/mol. The van der Waals surface area contributed by atoms with Gasteiger partial charge in [-0.25, -0.2) is 0 Å². The molecular formula is C17H19NO3. The summed E-state index contributed by atoms with van der Waals surface area (Å²) in [5.74, 6) is 1.89. The standard InChI is InChI=1S/C17H19NO3/c1-11(13-7-8-16-17(9-13)21-10-20-16)18-12(2)14-5-3-4-6-15(14)19/h3-9,11-12,18-19H,10H2,1-2H3. The smallest absolute Gasteiger partial charge is 0.231 e. The minimum absolute atomic E-state index is 0.0478. The Bertz CT molecular complexity index is 642. The van der Waals surface area contributed by atoms with Crippen molar-refractivity contribution >= 4 is 0 Å². The third-order valence-corrected chi connectivity index (χ3v) is 3.80. The second-order valence-corrected chi connectivity index (χ2v) is 5.28. The van der Waals surface area contributed by atoms with Gasteiger partial charge in [-0.1, -0.05) is 24.3 Å². The van der Waals surface area contributed by atoms with Gasteiger partial charge < -0.3 is 19.9 Å². The molecule has 0 fully saturated rings. The fraction of sp³-hybridized carbons (Fsp3) is 0.294. The number of rotatable bonds is 4. The van der Waals surface area contributed by atoms with E-state index in [4.69, 9.17) is 9.47 Å². The average Bonchev–Trinajstić information content (AvgIpc) is 2.94. The summed E-state index contributed by atoms with van der Waals surface area (Å²) in [7, 11) is 0. The van der Waals surface area contributed by atoms with E-state index < -0.39 is 0 Å². The molecule has 0 bridgehead atoms. The Morgan fingerprint density at radius 2 is 1.76 bits per heavy atom. The first-order valence-corrected chi connectivity index (χ1v) is 7.08. The number of nitrogens with one attached hydrogen (secondary N) is 1. The third-order valence-electron chi connectivity index (χ3n) is 3.80. The van der Waals surface area contributed by atoms with Crippen molar-refractivity contribution in [2.45, 2.75) is 25.9 Å². The summed E-state index contributed by atoms with van der Waals surface area (Å²) in [5, 5.41) is 13.4. The Kier molecular flexibility index (Phi) is 3.71. The second-order valence-electron chi connectivity index (χ2n) is 5.28. The monoisotopic (exact) mass is 285 g/mol. The summed E-state index contributed by atoms with van der Waals surface area (Å²) < 4.78 is 10.7. The van der Waals surface area contributed by atoms with Crippen molar-refractivity contribution in [1.82, 2.24) is 5.32 Å². The van der Waals surface area contributed by atoms with Gasteiger partial charge in [0.1, 0.15) is 5.75 Å². The van der Waals surface area contributed by atoms with E-state index in [1.54, 1.807) is 6.07 Å². The summed E-state index contributed by atoms with van der Waals surface area (Å²) in [4.78, 5) is 0. The summed E-state index contributed by atoms with van der Waals surface area (Å²) in [5.41, 5.74) is 2.02. The largest absolute Gasteiger partial charge is 0.508 e. The molecule has 2 aromatic carbocycles. The molecule has 2 unspecified atom stereocenters. The highest BCUT2D eigenvalue weighted by molar-refractivity contribution is 5.45. The van der Waals surface area contributed by atoms with Gasteiger partial charge in [0.25, 0.3) is 0 Å². The molecule has 110 valence electrons. The number of ether oxygens (including phenoxy) is 2. The lowest BCUT2D eigenvalue weighted by atomic mass is 10.0. The van der Waals surface area contributed by atoms with Crippen LogP contribution in [0, 0.1) is 0 Å². The predicted octanol–water partition coefficient (Wildman–Crippen LogP) is 3.53. The molecule has 21 heavy (non-hydrogen) atoms. The molecule has 0 aliphatic carbocycles. The molecule has 2 N–H and O–H groups in total. The van der Waals surface area contributed by atoms with Crippen molar-refractivity contribution < 1.29 is 14.6 Å². The molecule has 4 nitrogen and oxygen atoms in total. The van der Waals surface area contributed by atoms with Crippen molar-refractivity contribution in [1.29, 1.82) is 0 Å². The zero-order chi connectivity index (χ0) is 14.8. The molecule has 0 amide bonds. The maximum atomic E-state index is 9.91. The van der Waals surface area contributed by atoms with E-state index in [1.165, 1.54) is 0 Å². The van der Waals surface area contributed by atoms with E-state index in [2.05, 4.69) is 12.2 Å². The van der Waals surface area contributed by atoms with E-state index >= 15 is 0 Å². The van der Waals surface area contributed by atoms with Gasteiger partial charge in [-0.05, 0) is 37.6 Å². The van der Waals surface area contributed by atoms with Gasteiger partial charge in [0.05, 0.1) is 0 Å². The first kappa shape index (κ1) is 13.8. The lowest BCUT2D eigenvalue weighted by Gasteiger charge is -2.21. The lowest BCUT2D eigenvalue weighted by Crippen LogP contribution is -2.22. The molecule has 3 rings (SSSR count). The number of aromatic hydroxyl groups is 1. The Hall–Kier alpha value is -2.20. The molecule has 0 saturated heterocycles. The molecule has 0 radical (unpaired) electrons. The van der Waals surface area contributed by atoms with E-state index in [0.717, 1.165) is 22.6 Å². The van der Waals surface area contributed by atoms with Crippen LogP contribution in [0.4, 0.5) is 0 Å². The van der Waals surface area contributed by atoms with Crippen LogP contribution in [0.2, 0.25) is 0 Å². The van der Waals surface area contributed by atoms with Gasteiger partial charge >= 0.3 is 0 Å². The number of benzene rings is 2. The summed E-state index contributed by atoms with van der Waals surface area (Å²) >= 11 is 0. The summed E-state index contributed by atoms with van der Waals surface area (Å²) in [6.07, 6.45) is 0. The quantitative estimate of drug-likeness (QED) is 0.902. The molecular weight excluding hydrogens is 266 g/mol. The highest BCUT2D eigenvalue weighted by Crippen LogP contribution is 2.35. The molecule has 1 heterocycles. The number of phenols is 1. The molecule has 0 spiro atoms. The minimum Gasteiger partial charge on any atom is -0.508 e. The van der Waals surface area contributed by atoms with Gasteiger partial charge in [-0.2, -0.15) is 0 Å². The summed E-state index contributed by atoms with van der Waals surface area (Å²) in [6.45, 7) is 4.42. The molecule has 1 aliphatic heterocycles. The first-order valence-electron chi connectivity index (χ1n) is 7.08. The van der Waals surface area contributed by atoms with E-state index in [0.29, 0.717) is 5.75 Å². The number of hydrogen-bond acceptors (Lipinski definition) is 4. The van der Waals surface area contributed by atoms with Crippen LogP contribution in [0.1, 0.15) is 37.1 Å². The Labute approximate surface area is 124 Å². The summed E-state index contributed by atoms with van der Waals surface area (Å²) in [6, 6.07) is 13.5. The maximum absolute atomic E-state index is 9.91. The fourth-order valence-electron chi connectivity index (χ4n) is 2.60. The Morgan fingerprint density at radius 1 is 1.00 bits per heavy atom. The zero-order valence-corrected chi connectivity index (χ0v) is 12.2. The first-order chi connectivity index (χ1) is 10.1. The Morgan fingerprint density at radius 3 is 2.57 bits per heavy atom. The maximum Gasteiger partial charge on any atom is 0.231 e. The van der Waals surface area contributed by atoms with Crippen LogP contribution in [0.25, 0.3) is 0 Å². The van der Waals surface area contributed by atoms with Gasteiger partial charge in [-0.3, -0.25) is 0 Å². The van der Waals surface area contributed by atoms with Gasteiger partial charge in [0, 0.05) is 17.6 Å². The molecule has 0 aromatic heterocycles. The van der Waals surface area contributed by atoms with Crippen molar-refractivity contribution in [2.75, 3.05) is 6.79 Å². The van der Waals surface area contributed by atoms with Crippen LogP contribution in [0.3, 0.4) is 0 Å². The zero-order valence-electron chi connectivity index (χ0n) is 12.2. The van der Waals surface area contributed by atoms with Crippen LogP contribution in [-0.4, -0.2) is 11.9 Å². The van der Waals surface area contributed by atoms with E-state index in [1.807, 2.05) is 43.3 Å². The number of para-hydroxylation sites is 1. The normalized spacial score (nSPS) is 15.7. The van der Waals surface area contributed by atoms with Crippen LogP contribution in [0.5, 0.6) is 17.2 Å². The van der Waals surface area contributed by atoms with Crippen LogP contribution < -0.4 is 14.8 Å². The van der Waals surface area contributed by atoms with E-state index in [9.17, 15) is 5.11 Å². The molecule has 2 atom stereocenters. The molecule has 1 aliphatic rings. The molecule has 0 saturated carbocycles. The number of hydrogen-bond donors (Lipinski definition) is 2. The fourth-order valence-corrected chi connectivity index (χ4v) is 2.60. The van der Waals surface area contributed by atoms with Gasteiger partial charge in [0.2, 0.25) is 6.79 Å². The topological polar surface area (TPSA) is 50.7 Å². The SMILES string of the molecule is CC(NC(C)c1ccccc1O)c1ccc2c(c1)OCO2. The van der Waals surface area contributed by atoms with Crippen LogP contribution >= 0.6 is 0 Å². The highest BCUT2D eigenvalue weighted by Gasteiger charge is 2.18. The van der Waals surface area contributed by atoms with Crippen LogP contribution in [0.15, 0.2) is 42.5 Å². The minimum atomic E-state index is 0.0478. The molecule has 2 aromatic rings. The second kappa shape index (κ2) is 5.66. The number of fused-ring (bicyclic) bond motifs is 1. The van der Waals surface area contributed by atoms with Crippen molar-refractivity contribution in [2.24, 2.45) is 0 Å². The highest BCUT2D eigenvalue weighted by atomic mass is 16.7. The number of phenolic OH excluding ortho intramolecular Hbond substituents is 1. The van der Waals surface area contributed by atoms with E-state index in [-0.39, 0.29) is 18.9 Å². The third kappa shape index (κ3) is 2.81.